The minimum absolute atomic E-state index is 0.0192. The van der Waals surface area contributed by atoms with Crippen LogP contribution in [0.3, 0.4) is 0 Å². The zero-order chi connectivity index (χ0) is 19.7. The smallest absolute Gasteiger partial charge is 0.433 e. The molecule has 1 fully saturated rings. The lowest BCUT2D eigenvalue weighted by molar-refractivity contribution is -0.141. The van der Waals surface area contributed by atoms with Crippen LogP contribution in [0.5, 0.6) is 5.75 Å². The second-order valence-corrected chi connectivity index (χ2v) is 6.88. The first-order valence-electron chi connectivity index (χ1n) is 8.72. The van der Waals surface area contributed by atoms with Crippen LogP contribution in [-0.2, 0) is 11.8 Å². The fourth-order valence-electron chi connectivity index (χ4n) is 3.60. The lowest BCUT2D eigenvalue weighted by atomic mass is 9.77. The highest BCUT2D eigenvalue weighted by Crippen LogP contribution is 2.40. The van der Waals surface area contributed by atoms with Crippen LogP contribution in [0.15, 0.2) is 36.8 Å². The standard InChI is InChI=1S/C19H22F3N3O2/c1-18(26,15-12-23-8-5-16(15)27-2)13-6-9-25(10-7-13)14-3-4-17(24-11-14)19(20,21)22/h3-5,8,11-13,26H,6-7,9-10H2,1-2H3. The van der Waals surface area contributed by atoms with Crippen LogP contribution in [0.25, 0.3) is 0 Å². The van der Waals surface area contributed by atoms with Crippen LogP contribution in [0.1, 0.15) is 31.0 Å². The molecular formula is C19H22F3N3O2. The fraction of sp³-hybridized carbons (Fsp3) is 0.474. The molecule has 2 aromatic heterocycles. The fourth-order valence-corrected chi connectivity index (χ4v) is 3.60. The lowest BCUT2D eigenvalue weighted by Crippen LogP contribution is -2.42. The highest BCUT2D eigenvalue weighted by atomic mass is 19.4. The summed E-state index contributed by atoms with van der Waals surface area (Å²) >= 11 is 0. The number of nitrogens with zero attached hydrogens (tertiary/aromatic N) is 3. The lowest BCUT2D eigenvalue weighted by Gasteiger charge is -2.40. The quantitative estimate of drug-likeness (QED) is 0.877. The molecule has 3 rings (SSSR count). The van der Waals surface area contributed by atoms with E-state index in [-0.39, 0.29) is 5.92 Å². The molecule has 0 bridgehead atoms. The second-order valence-electron chi connectivity index (χ2n) is 6.88. The van der Waals surface area contributed by atoms with E-state index in [4.69, 9.17) is 4.74 Å². The van der Waals surface area contributed by atoms with Crippen molar-refractivity contribution in [2.75, 3.05) is 25.1 Å². The van der Waals surface area contributed by atoms with Gasteiger partial charge in [0.15, 0.2) is 0 Å². The van der Waals surface area contributed by atoms with Crippen molar-refractivity contribution in [3.05, 3.63) is 48.0 Å². The molecule has 3 heterocycles. The second kappa shape index (κ2) is 7.34. The summed E-state index contributed by atoms with van der Waals surface area (Å²) in [5.41, 5.74) is -0.709. The van der Waals surface area contributed by atoms with Crippen LogP contribution < -0.4 is 9.64 Å². The largest absolute Gasteiger partial charge is 0.496 e. The van der Waals surface area contributed by atoms with Crippen molar-refractivity contribution in [3.63, 3.8) is 0 Å². The number of methoxy groups -OCH3 is 1. The Hall–Kier alpha value is -2.35. The monoisotopic (exact) mass is 381 g/mol. The van der Waals surface area contributed by atoms with E-state index in [1.807, 2.05) is 4.90 Å². The number of halogens is 3. The summed E-state index contributed by atoms with van der Waals surface area (Å²) in [7, 11) is 1.55. The van der Waals surface area contributed by atoms with Gasteiger partial charge in [-0.05, 0) is 43.9 Å². The number of hydrogen-bond acceptors (Lipinski definition) is 5. The maximum atomic E-state index is 12.6. The van der Waals surface area contributed by atoms with Crippen LogP contribution in [0.2, 0.25) is 0 Å². The number of pyridine rings is 2. The zero-order valence-electron chi connectivity index (χ0n) is 15.2. The zero-order valence-corrected chi connectivity index (χ0v) is 15.2. The molecule has 1 saturated heterocycles. The van der Waals surface area contributed by atoms with Crippen molar-refractivity contribution in [3.8, 4) is 5.75 Å². The van der Waals surface area contributed by atoms with E-state index < -0.39 is 17.5 Å². The number of anilines is 1. The van der Waals surface area contributed by atoms with Gasteiger partial charge in [0, 0.05) is 31.0 Å². The summed E-state index contributed by atoms with van der Waals surface area (Å²) in [4.78, 5) is 9.60. The minimum Gasteiger partial charge on any atom is -0.496 e. The highest BCUT2D eigenvalue weighted by molar-refractivity contribution is 5.45. The summed E-state index contributed by atoms with van der Waals surface area (Å²) in [5, 5.41) is 11.1. The van der Waals surface area contributed by atoms with E-state index in [0.29, 0.717) is 42.9 Å². The summed E-state index contributed by atoms with van der Waals surface area (Å²) in [6.45, 7) is 3.00. The molecule has 1 aliphatic rings. The van der Waals surface area contributed by atoms with E-state index in [9.17, 15) is 18.3 Å². The number of piperidine rings is 1. The molecule has 0 amide bonds. The Morgan fingerprint density at radius 3 is 2.41 bits per heavy atom. The third-order valence-corrected chi connectivity index (χ3v) is 5.24. The Bertz CT molecular complexity index is 771. The van der Waals surface area contributed by atoms with Gasteiger partial charge in [-0.2, -0.15) is 13.2 Å². The van der Waals surface area contributed by atoms with Crippen molar-refractivity contribution in [2.45, 2.75) is 31.5 Å². The SMILES string of the molecule is COc1ccncc1C(C)(O)C1CCN(c2ccc(C(F)(F)F)nc2)CC1. The van der Waals surface area contributed by atoms with Crippen molar-refractivity contribution < 1.29 is 23.0 Å². The van der Waals surface area contributed by atoms with Gasteiger partial charge < -0.3 is 14.7 Å². The summed E-state index contributed by atoms with van der Waals surface area (Å²) in [6.07, 6.45) is 1.42. The van der Waals surface area contributed by atoms with Gasteiger partial charge in [0.05, 0.1) is 24.6 Å². The first-order chi connectivity index (χ1) is 12.7. The molecule has 5 nitrogen and oxygen atoms in total. The topological polar surface area (TPSA) is 58.5 Å². The summed E-state index contributed by atoms with van der Waals surface area (Å²) < 4.78 is 43.3. The average Bonchev–Trinajstić information content (AvgIpc) is 2.67. The summed E-state index contributed by atoms with van der Waals surface area (Å²) in [5.74, 6) is 0.568. The van der Waals surface area contributed by atoms with Crippen LogP contribution in [0.4, 0.5) is 18.9 Å². The number of aromatic nitrogens is 2. The predicted molar refractivity (Wildman–Crippen MR) is 94.5 cm³/mol. The van der Waals surface area contributed by atoms with Gasteiger partial charge in [0.1, 0.15) is 11.4 Å². The molecule has 0 aliphatic carbocycles. The molecule has 1 aliphatic heterocycles. The average molecular weight is 381 g/mol. The molecule has 0 aromatic carbocycles. The van der Waals surface area contributed by atoms with Gasteiger partial charge in [-0.15, -0.1) is 0 Å². The predicted octanol–water partition coefficient (Wildman–Crippen LogP) is 3.63. The van der Waals surface area contributed by atoms with Crippen LogP contribution in [0, 0.1) is 5.92 Å². The first-order valence-corrected chi connectivity index (χ1v) is 8.72. The molecular weight excluding hydrogens is 359 g/mol. The number of alkyl halides is 3. The Morgan fingerprint density at radius 1 is 1.15 bits per heavy atom. The number of ether oxygens (including phenoxy) is 1. The van der Waals surface area contributed by atoms with Crippen molar-refractivity contribution in [1.29, 1.82) is 0 Å². The molecule has 0 saturated carbocycles. The van der Waals surface area contributed by atoms with Crippen LogP contribution in [-0.4, -0.2) is 35.3 Å². The Kier molecular flexibility index (Phi) is 5.28. The maximum Gasteiger partial charge on any atom is 0.433 e. The van der Waals surface area contributed by atoms with Crippen molar-refractivity contribution in [1.82, 2.24) is 9.97 Å². The number of aliphatic hydroxyl groups is 1. The van der Waals surface area contributed by atoms with Gasteiger partial charge in [-0.25, -0.2) is 4.98 Å². The molecule has 0 spiro atoms. The molecule has 27 heavy (non-hydrogen) atoms. The first kappa shape index (κ1) is 19.4. The van der Waals surface area contributed by atoms with E-state index in [1.165, 1.54) is 12.3 Å². The molecule has 0 radical (unpaired) electrons. The maximum absolute atomic E-state index is 12.6. The minimum atomic E-state index is -4.44. The Morgan fingerprint density at radius 2 is 1.85 bits per heavy atom. The van der Waals surface area contributed by atoms with Crippen molar-refractivity contribution >= 4 is 5.69 Å². The third kappa shape index (κ3) is 4.00. The third-order valence-electron chi connectivity index (χ3n) is 5.24. The van der Waals surface area contributed by atoms with Crippen molar-refractivity contribution in [2.24, 2.45) is 5.92 Å². The molecule has 1 atom stereocenters. The summed E-state index contributed by atoms with van der Waals surface area (Å²) in [6, 6.07) is 4.16. The molecule has 1 N–H and O–H groups in total. The van der Waals surface area contributed by atoms with Gasteiger partial charge in [0.25, 0.3) is 0 Å². The van der Waals surface area contributed by atoms with Gasteiger partial charge in [0.2, 0.25) is 0 Å². The molecule has 1 unspecified atom stereocenters. The van der Waals surface area contributed by atoms with Gasteiger partial charge in [-0.3, -0.25) is 4.98 Å². The van der Waals surface area contributed by atoms with E-state index in [1.54, 1.807) is 32.5 Å². The van der Waals surface area contributed by atoms with Crippen LogP contribution >= 0.6 is 0 Å². The van der Waals surface area contributed by atoms with Gasteiger partial charge in [-0.1, -0.05) is 0 Å². The molecule has 8 heteroatoms. The van der Waals surface area contributed by atoms with Gasteiger partial charge >= 0.3 is 6.18 Å². The Balaban J connectivity index is 1.69. The van der Waals surface area contributed by atoms with E-state index in [0.717, 1.165) is 6.07 Å². The number of hydrogen-bond donors (Lipinski definition) is 1. The normalized spacial score (nSPS) is 18.2. The Labute approximate surface area is 155 Å². The molecule has 2 aromatic rings. The van der Waals surface area contributed by atoms with E-state index in [2.05, 4.69) is 9.97 Å². The molecule has 146 valence electrons. The highest BCUT2D eigenvalue weighted by Gasteiger charge is 2.38. The van der Waals surface area contributed by atoms with E-state index >= 15 is 0 Å². The number of rotatable bonds is 4.